The van der Waals surface area contributed by atoms with Gasteiger partial charge in [-0.3, -0.25) is 4.79 Å². The van der Waals surface area contributed by atoms with Gasteiger partial charge in [-0.1, -0.05) is 6.42 Å². The third-order valence-corrected chi connectivity index (χ3v) is 5.91. The SMILES string of the molecule is NCCCC[C@H](N)C(=O)NC[C@H]1O[C@H](OC2C(N)CC(N)C(O)C2O)[C@H](N)[C@@H](O)[C@@H]1O. The molecule has 15 N–H and O–H groups in total. The maximum atomic E-state index is 12.2. The van der Waals surface area contributed by atoms with Gasteiger partial charge in [-0.15, -0.1) is 0 Å². The van der Waals surface area contributed by atoms with Gasteiger partial charge in [-0.05, 0) is 25.8 Å². The van der Waals surface area contributed by atoms with Gasteiger partial charge in [0.1, 0.15) is 30.5 Å². The van der Waals surface area contributed by atoms with Crippen molar-refractivity contribution in [1.29, 1.82) is 0 Å². The van der Waals surface area contributed by atoms with E-state index in [0.29, 0.717) is 19.4 Å². The number of nitrogens with two attached hydrogens (primary N) is 5. The van der Waals surface area contributed by atoms with E-state index in [2.05, 4.69) is 5.32 Å². The number of hydrogen-bond acceptors (Lipinski definition) is 12. The first kappa shape index (κ1) is 26.3. The normalized spacial score (nSPS) is 42.2. The first-order valence-corrected chi connectivity index (χ1v) is 10.6. The van der Waals surface area contributed by atoms with Gasteiger partial charge in [0, 0.05) is 18.6 Å². The van der Waals surface area contributed by atoms with Crippen LogP contribution in [0.4, 0.5) is 0 Å². The molecule has 0 spiro atoms. The summed E-state index contributed by atoms with van der Waals surface area (Å²) in [6.07, 6.45) is -6.72. The number of unbranched alkanes of at least 4 members (excludes halogenated alkanes) is 1. The lowest BCUT2D eigenvalue weighted by Gasteiger charge is -2.45. The lowest BCUT2D eigenvalue weighted by molar-refractivity contribution is -0.288. The molecule has 0 bridgehead atoms. The van der Waals surface area contributed by atoms with Crippen LogP contribution in [0.5, 0.6) is 0 Å². The average molecular weight is 451 g/mol. The van der Waals surface area contributed by atoms with E-state index in [1.54, 1.807) is 0 Å². The Balaban J connectivity index is 1.96. The van der Waals surface area contributed by atoms with Crippen molar-refractivity contribution >= 4 is 5.91 Å². The lowest BCUT2D eigenvalue weighted by Crippen LogP contribution is -2.67. The topological polar surface area (TPSA) is 259 Å². The predicted molar refractivity (Wildman–Crippen MR) is 110 cm³/mol. The largest absolute Gasteiger partial charge is 0.389 e. The number of rotatable bonds is 9. The molecule has 13 nitrogen and oxygen atoms in total. The zero-order chi connectivity index (χ0) is 23.3. The summed E-state index contributed by atoms with van der Waals surface area (Å²) in [5.41, 5.74) is 28.9. The second-order valence-electron chi connectivity index (χ2n) is 8.38. The Morgan fingerprint density at radius 2 is 1.71 bits per heavy atom. The zero-order valence-corrected chi connectivity index (χ0v) is 17.5. The van der Waals surface area contributed by atoms with Gasteiger partial charge in [0.2, 0.25) is 5.91 Å². The van der Waals surface area contributed by atoms with Crippen molar-refractivity contribution in [2.24, 2.45) is 28.7 Å². The molecule has 1 saturated heterocycles. The smallest absolute Gasteiger partial charge is 0.237 e. The summed E-state index contributed by atoms with van der Waals surface area (Å²) in [4.78, 5) is 12.2. The summed E-state index contributed by atoms with van der Waals surface area (Å²) >= 11 is 0. The number of hydrogen-bond donors (Lipinski definition) is 10. The Morgan fingerprint density at radius 1 is 1.03 bits per heavy atom. The van der Waals surface area contributed by atoms with E-state index in [0.717, 1.165) is 6.42 Å². The molecule has 0 aromatic heterocycles. The number of amides is 1. The monoisotopic (exact) mass is 450 g/mol. The third kappa shape index (κ3) is 6.52. The molecule has 2 fully saturated rings. The van der Waals surface area contributed by atoms with Gasteiger partial charge in [-0.2, -0.15) is 0 Å². The van der Waals surface area contributed by atoms with Gasteiger partial charge in [-0.25, -0.2) is 0 Å². The molecule has 1 heterocycles. The molecule has 182 valence electrons. The molecule has 13 heteroatoms. The molecule has 11 atom stereocenters. The van der Waals surface area contributed by atoms with E-state index >= 15 is 0 Å². The van der Waals surface area contributed by atoms with Crippen LogP contribution >= 0.6 is 0 Å². The van der Waals surface area contributed by atoms with E-state index in [1.165, 1.54) is 0 Å². The van der Waals surface area contributed by atoms with Crippen molar-refractivity contribution in [3.05, 3.63) is 0 Å². The predicted octanol–water partition coefficient (Wildman–Crippen LogP) is -5.50. The van der Waals surface area contributed by atoms with E-state index in [1.807, 2.05) is 0 Å². The minimum absolute atomic E-state index is 0.152. The summed E-state index contributed by atoms with van der Waals surface area (Å²) < 4.78 is 11.4. The number of aliphatic hydroxyl groups is 4. The van der Waals surface area contributed by atoms with Crippen LogP contribution in [-0.2, 0) is 14.3 Å². The van der Waals surface area contributed by atoms with Crippen LogP contribution in [0.25, 0.3) is 0 Å². The third-order valence-electron chi connectivity index (χ3n) is 5.91. The lowest BCUT2D eigenvalue weighted by atomic mass is 9.84. The molecule has 2 aliphatic rings. The number of carbonyl (C=O) groups excluding carboxylic acids is 1. The average Bonchev–Trinajstić information content (AvgIpc) is 2.74. The van der Waals surface area contributed by atoms with Crippen molar-refractivity contribution in [1.82, 2.24) is 5.32 Å². The number of ether oxygens (including phenoxy) is 2. The van der Waals surface area contributed by atoms with Gasteiger partial charge in [0.05, 0.1) is 18.2 Å². The van der Waals surface area contributed by atoms with Crippen molar-refractivity contribution < 1.29 is 34.7 Å². The summed E-state index contributed by atoms with van der Waals surface area (Å²) in [5, 5.41) is 43.5. The number of aliphatic hydroxyl groups excluding tert-OH is 4. The Labute approximate surface area is 181 Å². The summed E-state index contributed by atoms with van der Waals surface area (Å²) in [6.45, 7) is 0.360. The fraction of sp³-hybridized carbons (Fsp3) is 0.944. The summed E-state index contributed by atoms with van der Waals surface area (Å²) in [5.74, 6) is -0.434. The van der Waals surface area contributed by atoms with E-state index < -0.39 is 73.0 Å². The molecule has 1 amide bonds. The van der Waals surface area contributed by atoms with Crippen molar-refractivity contribution in [2.75, 3.05) is 13.1 Å². The zero-order valence-electron chi connectivity index (χ0n) is 17.5. The second-order valence-corrected chi connectivity index (χ2v) is 8.38. The van der Waals surface area contributed by atoms with Crippen LogP contribution in [0.15, 0.2) is 0 Å². The fourth-order valence-electron chi connectivity index (χ4n) is 3.84. The van der Waals surface area contributed by atoms with Crippen LogP contribution in [0.1, 0.15) is 25.7 Å². The van der Waals surface area contributed by atoms with Gasteiger partial charge in [0.25, 0.3) is 0 Å². The molecular weight excluding hydrogens is 412 g/mol. The number of carbonyl (C=O) groups is 1. The maximum absolute atomic E-state index is 12.2. The number of nitrogens with one attached hydrogen (secondary N) is 1. The molecule has 0 aromatic carbocycles. The highest BCUT2D eigenvalue weighted by Crippen LogP contribution is 2.27. The minimum atomic E-state index is -1.43. The fourth-order valence-corrected chi connectivity index (χ4v) is 3.84. The minimum Gasteiger partial charge on any atom is -0.389 e. The molecule has 1 aliphatic carbocycles. The molecule has 1 saturated carbocycles. The van der Waals surface area contributed by atoms with Gasteiger partial charge < -0.3 is 63.9 Å². The van der Waals surface area contributed by atoms with Crippen LogP contribution in [0.3, 0.4) is 0 Å². The van der Waals surface area contributed by atoms with Crippen molar-refractivity contribution in [3.8, 4) is 0 Å². The van der Waals surface area contributed by atoms with E-state index in [9.17, 15) is 25.2 Å². The molecule has 5 unspecified atom stereocenters. The Bertz CT molecular complexity index is 576. The highest BCUT2D eigenvalue weighted by molar-refractivity contribution is 5.81. The summed E-state index contributed by atoms with van der Waals surface area (Å²) in [7, 11) is 0. The first-order valence-electron chi connectivity index (χ1n) is 10.6. The van der Waals surface area contributed by atoms with Crippen LogP contribution in [-0.4, -0.2) is 107 Å². The van der Waals surface area contributed by atoms with Crippen LogP contribution in [0.2, 0.25) is 0 Å². The molecule has 2 rings (SSSR count). The van der Waals surface area contributed by atoms with Crippen molar-refractivity contribution in [3.63, 3.8) is 0 Å². The van der Waals surface area contributed by atoms with E-state index in [-0.39, 0.29) is 13.0 Å². The van der Waals surface area contributed by atoms with Crippen LogP contribution < -0.4 is 34.0 Å². The van der Waals surface area contributed by atoms with Crippen LogP contribution in [0, 0.1) is 0 Å². The van der Waals surface area contributed by atoms with Gasteiger partial charge >= 0.3 is 0 Å². The Hall–Kier alpha value is -0.970. The molecular formula is C18H38N6O7. The Kier molecular flexibility index (Phi) is 9.98. The second kappa shape index (κ2) is 11.8. The van der Waals surface area contributed by atoms with E-state index in [4.69, 9.17) is 38.1 Å². The van der Waals surface area contributed by atoms with Gasteiger partial charge in [0.15, 0.2) is 6.29 Å². The Morgan fingerprint density at radius 3 is 2.35 bits per heavy atom. The highest BCUT2D eigenvalue weighted by Gasteiger charge is 2.48. The summed E-state index contributed by atoms with van der Waals surface area (Å²) in [6, 6.07) is -3.33. The molecule has 1 aliphatic heterocycles. The molecule has 31 heavy (non-hydrogen) atoms. The first-order chi connectivity index (χ1) is 14.6. The maximum Gasteiger partial charge on any atom is 0.237 e. The molecule has 0 radical (unpaired) electrons. The standard InChI is InChI=1S/C18H38N6O7/c19-4-2-1-3-7(20)17(29)24-6-10-13(26)14(27)11(23)18(30-10)31-16-9(22)5-8(21)12(25)15(16)28/h7-16,18,25-28H,1-6,19-23H2,(H,24,29)/t7-,8?,9?,10+,11+,12?,13+,14+,15?,16?,18+/m0/s1. The van der Waals surface area contributed by atoms with Crippen molar-refractivity contribution in [2.45, 2.75) is 92.8 Å². The quantitative estimate of drug-likeness (QED) is 0.147. The molecule has 0 aromatic rings. The highest BCUT2D eigenvalue weighted by atomic mass is 16.7.